The Balaban J connectivity index is 1.26. The second kappa shape index (κ2) is 11.9. The van der Waals surface area contributed by atoms with Gasteiger partial charge in [0.2, 0.25) is 5.82 Å². The Hall–Kier alpha value is -3.50. The molecule has 2 atom stereocenters. The number of hydrogen-bond acceptors (Lipinski definition) is 2. The minimum absolute atomic E-state index is 0.0432. The first kappa shape index (κ1) is 26.1. The highest BCUT2D eigenvalue weighted by molar-refractivity contribution is 5.79. The van der Waals surface area contributed by atoms with Gasteiger partial charge in [0.25, 0.3) is 0 Å². The van der Waals surface area contributed by atoms with Crippen molar-refractivity contribution < 1.29 is 18.3 Å². The highest BCUT2D eigenvalue weighted by atomic mass is 19.2. The van der Waals surface area contributed by atoms with Gasteiger partial charge in [0.05, 0.1) is 19.3 Å². The molecule has 38 heavy (non-hydrogen) atoms. The van der Waals surface area contributed by atoms with Gasteiger partial charge in [-0.05, 0) is 77.6 Å². The summed E-state index contributed by atoms with van der Waals surface area (Å²) in [6.45, 7) is 6.91. The van der Waals surface area contributed by atoms with E-state index in [1.807, 2.05) is 37.3 Å². The SMILES string of the molecule is C=CC1CCC(c2ccc(C3=CC=C(c4ccc(-c5ccc(OCCC)c(F)c5F)cc4)CC3)cc2)OC1. The van der Waals surface area contributed by atoms with Crippen LogP contribution in [0.25, 0.3) is 22.3 Å². The van der Waals surface area contributed by atoms with Crippen molar-refractivity contribution in [2.45, 2.75) is 45.1 Å². The number of rotatable bonds is 8. The Kier molecular flexibility index (Phi) is 8.19. The van der Waals surface area contributed by atoms with E-state index in [-0.39, 0.29) is 17.4 Å². The summed E-state index contributed by atoms with van der Waals surface area (Å²) in [6.07, 6.45) is 11.3. The van der Waals surface area contributed by atoms with Crippen LogP contribution in [-0.4, -0.2) is 13.2 Å². The molecule has 0 spiro atoms. The molecule has 0 radical (unpaired) electrons. The highest BCUT2D eigenvalue weighted by Crippen LogP contribution is 2.36. The van der Waals surface area contributed by atoms with Crippen LogP contribution in [0.5, 0.6) is 5.75 Å². The van der Waals surface area contributed by atoms with Crippen LogP contribution in [0.3, 0.4) is 0 Å². The van der Waals surface area contributed by atoms with E-state index in [2.05, 4.69) is 43.0 Å². The molecule has 1 heterocycles. The van der Waals surface area contributed by atoms with Gasteiger partial charge in [0.1, 0.15) is 0 Å². The molecule has 3 aromatic carbocycles. The van der Waals surface area contributed by atoms with Crippen LogP contribution in [0.2, 0.25) is 0 Å². The quantitative estimate of drug-likeness (QED) is 0.280. The van der Waals surface area contributed by atoms with Gasteiger partial charge in [-0.2, -0.15) is 4.39 Å². The van der Waals surface area contributed by atoms with E-state index < -0.39 is 11.6 Å². The Labute approximate surface area is 224 Å². The molecular weight excluding hydrogens is 478 g/mol. The second-order valence-electron chi connectivity index (χ2n) is 10.1. The molecule has 1 aliphatic carbocycles. The first-order valence-corrected chi connectivity index (χ1v) is 13.5. The van der Waals surface area contributed by atoms with Gasteiger partial charge in [-0.25, -0.2) is 4.39 Å². The summed E-state index contributed by atoms with van der Waals surface area (Å²) in [6, 6.07) is 19.5. The standard InChI is InChI=1S/C34H34F2O2/c1-3-21-37-32-20-18-30(33(35)34(32)36)28-14-10-26(11-15-28)24-6-8-25(9-7-24)27-12-16-29(17-13-27)31-19-5-23(4-2)22-38-31/h4,6,8,10-18,20,23,31H,2-3,5,7,9,19,21-22H2,1H3. The predicted octanol–water partition coefficient (Wildman–Crippen LogP) is 9.34. The third kappa shape index (κ3) is 5.66. The van der Waals surface area contributed by atoms with Gasteiger partial charge in [0, 0.05) is 11.5 Å². The van der Waals surface area contributed by atoms with Crippen molar-refractivity contribution >= 4 is 11.1 Å². The lowest BCUT2D eigenvalue weighted by Crippen LogP contribution is -2.19. The lowest BCUT2D eigenvalue weighted by molar-refractivity contribution is -0.00514. The van der Waals surface area contributed by atoms with E-state index in [4.69, 9.17) is 9.47 Å². The summed E-state index contributed by atoms with van der Waals surface area (Å²) in [5.41, 5.74) is 7.00. The van der Waals surface area contributed by atoms with Gasteiger partial charge in [0.15, 0.2) is 11.6 Å². The third-order valence-corrected chi connectivity index (χ3v) is 7.52. The van der Waals surface area contributed by atoms with E-state index in [1.165, 1.54) is 28.3 Å². The lowest BCUT2D eigenvalue weighted by atomic mass is 9.88. The zero-order valence-corrected chi connectivity index (χ0v) is 21.9. The first-order valence-electron chi connectivity index (χ1n) is 13.5. The van der Waals surface area contributed by atoms with E-state index in [9.17, 15) is 8.78 Å². The molecule has 2 unspecified atom stereocenters. The number of ether oxygens (including phenoxy) is 2. The van der Waals surface area contributed by atoms with Crippen LogP contribution in [-0.2, 0) is 4.74 Å². The minimum Gasteiger partial charge on any atom is -0.490 e. The van der Waals surface area contributed by atoms with Crippen molar-refractivity contribution in [3.63, 3.8) is 0 Å². The summed E-state index contributed by atoms with van der Waals surface area (Å²) in [5, 5.41) is 0. The normalized spacial score (nSPS) is 19.4. The van der Waals surface area contributed by atoms with Crippen LogP contribution < -0.4 is 4.74 Å². The molecule has 1 saturated heterocycles. The Morgan fingerprint density at radius 1 is 0.842 bits per heavy atom. The fraction of sp³-hybridized carbons (Fsp3) is 0.294. The third-order valence-electron chi connectivity index (χ3n) is 7.52. The van der Waals surface area contributed by atoms with Gasteiger partial charge >= 0.3 is 0 Å². The summed E-state index contributed by atoms with van der Waals surface area (Å²) >= 11 is 0. The average Bonchev–Trinajstić information content (AvgIpc) is 2.98. The molecule has 196 valence electrons. The molecule has 5 rings (SSSR count). The van der Waals surface area contributed by atoms with E-state index in [0.29, 0.717) is 18.1 Å². The molecular formula is C34H34F2O2. The van der Waals surface area contributed by atoms with Crippen molar-refractivity contribution in [2.24, 2.45) is 5.92 Å². The fourth-order valence-electron chi connectivity index (χ4n) is 5.19. The van der Waals surface area contributed by atoms with E-state index in [0.717, 1.165) is 44.3 Å². The number of allylic oxidation sites excluding steroid dienone is 4. The van der Waals surface area contributed by atoms with Crippen molar-refractivity contribution in [3.8, 4) is 16.9 Å². The number of benzene rings is 3. The fourth-order valence-corrected chi connectivity index (χ4v) is 5.19. The van der Waals surface area contributed by atoms with Crippen LogP contribution in [0.15, 0.2) is 85.5 Å². The van der Waals surface area contributed by atoms with E-state index >= 15 is 0 Å². The molecule has 0 amide bonds. The summed E-state index contributed by atoms with van der Waals surface area (Å²) in [5.74, 6) is -1.39. The molecule has 1 fully saturated rings. The maximum Gasteiger partial charge on any atom is 0.201 e. The molecule has 2 aliphatic rings. The molecule has 0 bridgehead atoms. The smallest absolute Gasteiger partial charge is 0.201 e. The van der Waals surface area contributed by atoms with Crippen molar-refractivity contribution in [1.29, 1.82) is 0 Å². The van der Waals surface area contributed by atoms with Gasteiger partial charge in [-0.1, -0.05) is 73.7 Å². The van der Waals surface area contributed by atoms with Crippen molar-refractivity contribution in [2.75, 3.05) is 13.2 Å². The molecule has 4 heteroatoms. The molecule has 2 nitrogen and oxygen atoms in total. The first-order chi connectivity index (χ1) is 18.6. The summed E-state index contributed by atoms with van der Waals surface area (Å²) in [4.78, 5) is 0. The van der Waals surface area contributed by atoms with Crippen LogP contribution in [0.4, 0.5) is 8.78 Å². The minimum atomic E-state index is -0.937. The highest BCUT2D eigenvalue weighted by Gasteiger charge is 2.21. The van der Waals surface area contributed by atoms with Crippen LogP contribution in [0.1, 0.15) is 61.8 Å². The number of halogens is 2. The zero-order chi connectivity index (χ0) is 26.5. The molecule has 1 aliphatic heterocycles. The predicted molar refractivity (Wildman–Crippen MR) is 151 cm³/mol. The second-order valence-corrected chi connectivity index (χ2v) is 10.1. The van der Waals surface area contributed by atoms with Gasteiger partial charge < -0.3 is 9.47 Å². The number of hydrogen-bond donors (Lipinski definition) is 0. The largest absolute Gasteiger partial charge is 0.490 e. The van der Waals surface area contributed by atoms with Gasteiger partial charge in [-0.15, -0.1) is 6.58 Å². The molecule has 0 N–H and O–H groups in total. The average molecular weight is 513 g/mol. The van der Waals surface area contributed by atoms with Crippen LogP contribution >= 0.6 is 0 Å². The maximum absolute atomic E-state index is 14.7. The van der Waals surface area contributed by atoms with Gasteiger partial charge in [-0.3, -0.25) is 0 Å². The van der Waals surface area contributed by atoms with Crippen LogP contribution in [0, 0.1) is 17.6 Å². The summed E-state index contributed by atoms with van der Waals surface area (Å²) in [7, 11) is 0. The molecule has 0 saturated carbocycles. The topological polar surface area (TPSA) is 18.5 Å². The Bertz CT molecular complexity index is 1330. The molecule has 0 aromatic heterocycles. The summed E-state index contributed by atoms with van der Waals surface area (Å²) < 4.78 is 40.5. The maximum atomic E-state index is 14.7. The molecule has 3 aromatic rings. The van der Waals surface area contributed by atoms with Crippen molar-refractivity contribution in [3.05, 3.63) is 114 Å². The van der Waals surface area contributed by atoms with Crippen molar-refractivity contribution in [1.82, 2.24) is 0 Å². The Morgan fingerprint density at radius 2 is 1.47 bits per heavy atom. The lowest BCUT2D eigenvalue weighted by Gasteiger charge is -2.27. The Morgan fingerprint density at radius 3 is 2.03 bits per heavy atom. The monoisotopic (exact) mass is 512 g/mol. The van der Waals surface area contributed by atoms with E-state index in [1.54, 1.807) is 6.07 Å². The zero-order valence-electron chi connectivity index (χ0n) is 21.9.